The lowest BCUT2D eigenvalue weighted by Crippen LogP contribution is -2.52. The zero-order valence-corrected chi connectivity index (χ0v) is 59.1. The minimum atomic E-state index is -1.95. The molecule has 7 nitrogen and oxygen atoms in total. The van der Waals surface area contributed by atoms with E-state index in [1.165, 1.54) is 32.6 Å². The van der Waals surface area contributed by atoms with Crippen molar-refractivity contribution in [2.75, 3.05) is 26.4 Å². The summed E-state index contributed by atoms with van der Waals surface area (Å²) >= 11 is 0. The second-order valence-electron chi connectivity index (χ2n) is 28.5. The number of hydrogen-bond donors (Lipinski definition) is 0. The van der Waals surface area contributed by atoms with Gasteiger partial charge in [0.15, 0.2) is 28.2 Å². The van der Waals surface area contributed by atoms with E-state index in [4.69, 9.17) is 18.3 Å². The molecule has 0 unspecified atom stereocenters. The first-order chi connectivity index (χ1) is 38.0. The molecule has 0 N–H and O–H groups in total. The summed E-state index contributed by atoms with van der Waals surface area (Å²) in [6, 6.07) is 0. The minimum Gasteiger partial charge on any atom is -0.493 e. The largest absolute Gasteiger partial charge is 0.493 e. The van der Waals surface area contributed by atoms with Gasteiger partial charge in [0, 0.05) is 111 Å². The summed E-state index contributed by atoms with van der Waals surface area (Å²) in [5.41, 5.74) is 8.75. The Bertz CT molecular complexity index is 3090. The van der Waals surface area contributed by atoms with Crippen LogP contribution in [0.3, 0.4) is 0 Å². The van der Waals surface area contributed by atoms with Crippen molar-refractivity contribution in [3.63, 3.8) is 0 Å². The Kier molecular flexibility index (Phi) is 24.5. The van der Waals surface area contributed by atoms with E-state index in [1.54, 1.807) is 0 Å². The first kappa shape index (κ1) is 69.7. The second kappa shape index (κ2) is 28.9. The summed E-state index contributed by atoms with van der Waals surface area (Å²) in [5.74, 6) is 37.9. The molecule has 4 aliphatic rings. The number of ether oxygens (including phenoxy) is 2. The minimum absolute atomic E-state index is 0.114. The predicted octanol–water partition coefficient (Wildman–Crippen LogP) is 15.4. The van der Waals surface area contributed by atoms with E-state index in [0.29, 0.717) is 58.5 Å². The molecule has 0 saturated carbocycles. The number of Topliss-reactive ketones (excluding diaryl/α,β-unsaturated/α-hetero) is 3. The molecule has 0 radical (unpaired) electrons. The number of hydrogen-bond acceptors (Lipinski definition) is 7. The van der Waals surface area contributed by atoms with Crippen LogP contribution in [0, 0.1) is 71.0 Å². The Labute approximate surface area is 503 Å². The van der Waals surface area contributed by atoms with Gasteiger partial charge in [0.05, 0.1) is 29.4 Å². The topological polar surface area (TPSA) is 88.1 Å². The van der Waals surface area contributed by atoms with Crippen molar-refractivity contribution in [3.8, 4) is 82.5 Å². The zero-order chi connectivity index (χ0) is 61.7. The van der Waals surface area contributed by atoms with Gasteiger partial charge in [-0.05, 0) is 123 Å². The van der Waals surface area contributed by atoms with Gasteiger partial charge >= 0.3 is 0 Å². The molecule has 2 aromatic rings. The summed E-state index contributed by atoms with van der Waals surface area (Å²) in [6.07, 6.45) is 10.6. The molecule has 2 aliphatic carbocycles. The quantitative estimate of drug-likeness (QED) is 0.0905. The SMILES string of the molecule is CC(C)(C)[Si](C)(C)OCCC#Cc1c2c(c([Si](C)(C)C(C)(C)C)c3c1C(=O)CC3)OCC2.CC(C)(C)[Si](C)(C)OCCC#Cc1c2c(c([Si](C)(C)C(C)(C)C)c3c1CCC3=O)OCC2.CCCC#CC#CCCC(=O)C#CC#CCCC. The first-order valence-electron chi connectivity index (χ1n) is 30.5. The summed E-state index contributed by atoms with van der Waals surface area (Å²) in [7, 11) is -7.34. The molecule has 0 saturated heterocycles. The van der Waals surface area contributed by atoms with Crippen LogP contribution in [0.5, 0.6) is 11.5 Å². The molecule has 2 aliphatic heterocycles. The summed E-state index contributed by atoms with van der Waals surface area (Å²) in [6.45, 7) is 53.1. The fourth-order valence-corrected chi connectivity index (χ4v) is 16.6. The van der Waals surface area contributed by atoms with Gasteiger partial charge < -0.3 is 18.3 Å². The molecule has 0 aromatic heterocycles. The lowest BCUT2D eigenvalue weighted by atomic mass is 9.95. The Hall–Kier alpha value is -4.80. The van der Waals surface area contributed by atoms with Crippen LogP contribution < -0.4 is 19.8 Å². The van der Waals surface area contributed by atoms with E-state index in [2.05, 4.69) is 220 Å². The maximum Gasteiger partial charge on any atom is 0.207 e. The van der Waals surface area contributed by atoms with Crippen LogP contribution in [0.15, 0.2) is 0 Å². The number of benzene rings is 2. The van der Waals surface area contributed by atoms with Crippen molar-refractivity contribution in [2.45, 2.75) is 259 Å². The fraction of sp³-hybridized carbons (Fsp3) is 0.620. The molecule has 82 heavy (non-hydrogen) atoms. The molecule has 0 atom stereocenters. The Balaban J connectivity index is 0.000000276. The average molecular weight is 1180 g/mol. The van der Waals surface area contributed by atoms with Crippen LogP contribution in [0.4, 0.5) is 0 Å². The Morgan fingerprint density at radius 3 is 1.35 bits per heavy atom. The molecule has 0 amide bonds. The van der Waals surface area contributed by atoms with E-state index in [1.807, 2.05) is 0 Å². The van der Waals surface area contributed by atoms with E-state index in [0.717, 1.165) is 91.5 Å². The van der Waals surface area contributed by atoms with Crippen molar-refractivity contribution >= 4 is 60.5 Å². The molecular formula is C71H102O7Si4. The van der Waals surface area contributed by atoms with Gasteiger partial charge in [-0.1, -0.05) is 165 Å². The van der Waals surface area contributed by atoms with Crippen molar-refractivity contribution in [1.82, 2.24) is 0 Å². The highest BCUT2D eigenvalue weighted by Gasteiger charge is 2.47. The van der Waals surface area contributed by atoms with Gasteiger partial charge in [-0.25, -0.2) is 0 Å². The molecule has 0 spiro atoms. The van der Waals surface area contributed by atoms with Crippen LogP contribution in [0.25, 0.3) is 0 Å². The van der Waals surface area contributed by atoms with Gasteiger partial charge in [-0.2, -0.15) is 0 Å². The highest BCUT2D eigenvalue weighted by Crippen LogP contribution is 2.46. The molecular weight excluding hydrogens is 1080 g/mol. The van der Waals surface area contributed by atoms with Crippen molar-refractivity contribution in [3.05, 3.63) is 44.5 Å². The number of rotatable bonds is 12. The van der Waals surface area contributed by atoms with Crippen LogP contribution in [0.1, 0.15) is 215 Å². The number of unbranched alkanes of at least 4 members (excludes halogenated alkanes) is 2. The number of carbonyl (C=O) groups is 3. The van der Waals surface area contributed by atoms with Crippen LogP contribution in [0.2, 0.25) is 72.5 Å². The van der Waals surface area contributed by atoms with Gasteiger partial charge in [-0.3, -0.25) is 14.4 Å². The van der Waals surface area contributed by atoms with E-state index < -0.39 is 32.8 Å². The highest BCUT2D eigenvalue weighted by atomic mass is 28.4. The zero-order valence-electron chi connectivity index (χ0n) is 55.1. The van der Waals surface area contributed by atoms with E-state index >= 15 is 0 Å². The average Bonchev–Trinajstić information content (AvgIpc) is 4.39. The van der Waals surface area contributed by atoms with Crippen molar-refractivity contribution < 1.29 is 32.7 Å². The molecule has 11 heteroatoms. The number of carbonyl (C=O) groups excluding carboxylic acids is 3. The van der Waals surface area contributed by atoms with Crippen LogP contribution >= 0.6 is 0 Å². The third kappa shape index (κ3) is 17.2. The maximum absolute atomic E-state index is 13.1. The fourth-order valence-electron chi connectivity index (χ4n) is 9.47. The van der Waals surface area contributed by atoms with Gasteiger partial charge in [0.2, 0.25) is 5.78 Å². The molecule has 0 bridgehead atoms. The first-order valence-corrected chi connectivity index (χ1v) is 42.3. The normalized spacial score (nSPS) is 14.4. The van der Waals surface area contributed by atoms with Crippen molar-refractivity contribution in [2.24, 2.45) is 0 Å². The predicted molar refractivity (Wildman–Crippen MR) is 355 cm³/mol. The van der Waals surface area contributed by atoms with Crippen LogP contribution in [-0.4, -0.2) is 76.6 Å². The third-order valence-electron chi connectivity index (χ3n) is 18.5. The maximum atomic E-state index is 13.1. The summed E-state index contributed by atoms with van der Waals surface area (Å²) in [5, 5.41) is 3.36. The number of fused-ring (bicyclic) bond motifs is 4. The van der Waals surface area contributed by atoms with Crippen LogP contribution in [-0.2, 0) is 39.3 Å². The Morgan fingerprint density at radius 2 is 0.878 bits per heavy atom. The van der Waals surface area contributed by atoms with E-state index in [9.17, 15) is 14.4 Å². The molecule has 6 rings (SSSR count). The number of ketones is 3. The summed E-state index contributed by atoms with van der Waals surface area (Å²) in [4.78, 5) is 37.4. The lowest BCUT2D eigenvalue weighted by Gasteiger charge is -2.39. The monoisotopic (exact) mass is 1180 g/mol. The molecule has 2 aromatic carbocycles. The molecule has 0 fully saturated rings. The highest BCUT2D eigenvalue weighted by molar-refractivity contribution is 6.94. The Morgan fingerprint density at radius 1 is 0.463 bits per heavy atom. The van der Waals surface area contributed by atoms with E-state index in [-0.39, 0.29) is 37.5 Å². The molecule has 2 heterocycles. The van der Waals surface area contributed by atoms with Gasteiger partial charge in [-0.15, -0.1) is 0 Å². The summed E-state index contributed by atoms with van der Waals surface area (Å²) < 4.78 is 25.1. The third-order valence-corrected chi connectivity index (χ3v) is 38.6. The smallest absolute Gasteiger partial charge is 0.207 e. The van der Waals surface area contributed by atoms with Gasteiger partial charge in [0.1, 0.15) is 11.5 Å². The van der Waals surface area contributed by atoms with Gasteiger partial charge in [0.25, 0.3) is 0 Å². The second-order valence-corrected chi connectivity index (χ2v) is 48.6. The standard InChI is InChI=1S/2C27H42O3Si2.C17H18O/c1-26(2,3)31(7,8)25-21-14-15-22(28)23(21)19(20-16-18-29-24(20)25)13-11-12-17-30-32(9,10)27(4,5)6;1-26(2,3)31(7,8)25-23-20(14-15-22(23)28)19(21-16-18-29-24(21)25)13-11-12-17-30-32(9,10)27(4,5)6;1-3-5-7-9-10-12-14-16-17(18)15-13-11-8-6-4-2/h2*12,14-18H2,1-10H3;3-6,14,16H2,1-2H3. The lowest BCUT2D eigenvalue weighted by molar-refractivity contribution is -0.113. The molecule has 444 valence electrons. The van der Waals surface area contributed by atoms with Crippen molar-refractivity contribution in [1.29, 1.82) is 0 Å².